The van der Waals surface area contributed by atoms with Crippen molar-refractivity contribution < 1.29 is 9.18 Å². The van der Waals surface area contributed by atoms with Crippen LogP contribution in [0.3, 0.4) is 0 Å². The predicted molar refractivity (Wildman–Crippen MR) is 113 cm³/mol. The van der Waals surface area contributed by atoms with Gasteiger partial charge in [0.25, 0.3) is 0 Å². The lowest BCUT2D eigenvalue weighted by Crippen LogP contribution is -2.47. The van der Waals surface area contributed by atoms with Crippen LogP contribution in [0.25, 0.3) is 0 Å². The third kappa shape index (κ3) is 3.51. The van der Waals surface area contributed by atoms with Gasteiger partial charge < -0.3 is 16.0 Å². The number of fused-ring (bicyclic) bond motifs is 2. The number of anilines is 2. The van der Waals surface area contributed by atoms with Gasteiger partial charge in [0, 0.05) is 55.6 Å². The summed E-state index contributed by atoms with van der Waals surface area (Å²) in [7, 11) is 0. The van der Waals surface area contributed by atoms with Crippen molar-refractivity contribution in [1.29, 1.82) is 0 Å². The van der Waals surface area contributed by atoms with E-state index in [0.29, 0.717) is 23.9 Å². The number of nitrogens with one attached hydrogen (secondary N) is 3. The molecule has 3 aliphatic rings. The third-order valence-corrected chi connectivity index (χ3v) is 6.62. The number of carbonyl (C=O) groups excluding carboxylic acids is 1. The number of benzene rings is 2. The molecule has 2 aromatic rings. The van der Waals surface area contributed by atoms with Crippen LogP contribution in [0.5, 0.6) is 0 Å². The fourth-order valence-corrected chi connectivity index (χ4v) is 5.03. The van der Waals surface area contributed by atoms with E-state index in [9.17, 15) is 9.18 Å². The van der Waals surface area contributed by atoms with Crippen molar-refractivity contribution in [3.63, 3.8) is 0 Å². The fourth-order valence-electron chi connectivity index (χ4n) is 5.03. The number of nitrogens with zero attached hydrogens (tertiary/aromatic N) is 1. The number of hydrogen-bond acceptors (Lipinski definition) is 4. The Kier molecular flexibility index (Phi) is 4.76. The molecular weight excluding hydrogens is 367 g/mol. The highest BCUT2D eigenvalue weighted by Crippen LogP contribution is 2.34. The Balaban J connectivity index is 1.27. The smallest absolute Gasteiger partial charge is 0.247 e. The van der Waals surface area contributed by atoms with Crippen LogP contribution in [0.4, 0.5) is 15.8 Å². The quantitative estimate of drug-likeness (QED) is 0.749. The molecule has 3 N–H and O–H groups in total. The molecule has 3 heterocycles. The maximum absolute atomic E-state index is 14.1. The minimum absolute atomic E-state index is 0.120. The van der Waals surface area contributed by atoms with Crippen LogP contribution in [-0.4, -0.2) is 49.1 Å². The van der Waals surface area contributed by atoms with Gasteiger partial charge in [-0.25, -0.2) is 4.39 Å². The molecule has 1 amide bonds. The number of rotatable bonds is 3. The molecule has 2 fully saturated rings. The zero-order valence-electron chi connectivity index (χ0n) is 16.7. The zero-order chi connectivity index (χ0) is 20.0. The van der Waals surface area contributed by atoms with Gasteiger partial charge in [0.05, 0.1) is 0 Å². The molecule has 5 rings (SSSR count). The van der Waals surface area contributed by atoms with E-state index in [1.165, 1.54) is 11.6 Å². The number of carbonyl (C=O) groups is 1. The minimum Gasteiger partial charge on any atom is -0.373 e. The van der Waals surface area contributed by atoms with Crippen LogP contribution in [0, 0.1) is 12.7 Å². The molecule has 152 valence electrons. The maximum Gasteiger partial charge on any atom is 0.247 e. The largest absolute Gasteiger partial charge is 0.373 e. The van der Waals surface area contributed by atoms with Crippen molar-refractivity contribution in [3.8, 4) is 0 Å². The van der Waals surface area contributed by atoms with Gasteiger partial charge in [0.15, 0.2) is 0 Å². The summed E-state index contributed by atoms with van der Waals surface area (Å²) in [6.45, 7) is 6.26. The second kappa shape index (κ2) is 7.43. The monoisotopic (exact) mass is 394 g/mol. The molecule has 5 nitrogen and oxygen atoms in total. The van der Waals surface area contributed by atoms with Gasteiger partial charge in [-0.15, -0.1) is 0 Å². The van der Waals surface area contributed by atoms with Crippen LogP contribution < -0.4 is 16.0 Å². The number of hydrogen-bond donors (Lipinski definition) is 3. The van der Waals surface area contributed by atoms with Gasteiger partial charge in [-0.2, -0.15) is 0 Å². The molecule has 0 spiro atoms. The lowest BCUT2D eigenvalue weighted by atomic mass is 9.96. The first-order chi connectivity index (χ1) is 14.1. The highest BCUT2D eigenvalue weighted by atomic mass is 19.1. The predicted octanol–water partition coefficient (Wildman–Crippen LogP) is 2.87. The summed E-state index contributed by atoms with van der Waals surface area (Å²) in [6, 6.07) is 11.6. The van der Waals surface area contributed by atoms with Crippen molar-refractivity contribution in [2.45, 2.75) is 37.8 Å². The van der Waals surface area contributed by atoms with Crippen molar-refractivity contribution in [2.24, 2.45) is 0 Å². The highest BCUT2D eigenvalue weighted by molar-refractivity contribution is 5.98. The Hall–Kier alpha value is -2.44. The van der Waals surface area contributed by atoms with E-state index in [0.717, 1.165) is 49.5 Å². The normalized spacial score (nSPS) is 25.9. The standard InChI is InChI=1S/C23H27FN4O/c1-14-5-6-20(24)19-11-21(27-22(14)19)23(29)26-17-4-2-3-15(9-17)16-10-18-12-25-7-8-28(18)13-16/h2-6,9,16,18,21,25,27H,7-8,10-13H2,1H3,(H,26,29). The molecule has 6 heteroatoms. The Morgan fingerprint density at radius 3 is 3.00 bits per heavy atom. The van der Waals surface area contributed by atoms with Gasteiger partial charge in [0.1, 0.15) is 11.9 Å². The summed E-state index contributed by atoms with van der Waals surface area (Å²) >= 11 is 0. The molecular formula is C23H27FN4O. The van der Waals surface area contributed by atoms with E-state index in [-0.39, 0.29) is 11.7 Å². The molecule has 0 saturated carbocycles. The minimum atomic E-state index is -0.448. The molecule has 0 aliphatic carbocycles. The Morgan fingerprint density at radius 2 is 2.17 bits per heavy atom. The van der Waals surface area contributed by atoms with Crippen LogP contribution in [0.15, 0.2) is 36.4 Å². The van der Waals surface area contributed by atoms with Crippen molar-refractivity contribution >= 4 is 17.3 Å². The third-order valence-electron chi connectivity index (χ3n) is 6.62. The van der Waals surface area contributed by atoms with E-state index in [1.807, 2.05) is 19.1 Å². The molecule has 2 saturated heterocycles. The van der Waals surface area contributed by atoms with Gasteiger partial charge >= 0.3 is 0 Å². The van der Waals surface area contributed by atoms with Gasteiger partial charge in [-0.1, -0.05) is 18.2 Å². The van der Waals surface area contributed by atoms with E-state index < -0.39 is 6.04 Å². The summed E-state index contributed by atoms with van der Waals surface area (Å²) in [5.74, 6) is 0.134. The van der Waals surface area contributed by atoms with Crippen molar-refractivity contribution in [2.75, 3.05) is 36.8 Å². The van der Waals surface area contributed by atoms with Crippen LogP contribution in [-0.2, 0) is 11.2 Å². The number of piperazine rings is 1. The van der Waals surface area contributed by atoms with Crippen molar-refractivity contribution in [3.05, 3.63) is 58.9 Å². The lowest BCUT2D eigenvalue weighted by Gasteiger charge is -2.29. The summed E-state index contributed by atoms with van der Waals surface area (Å²) in [4.78, 5) is 15.4. The first kappa shape index (κ1) is 18.6. The molecule has 2 aromatic carbocycles. The Bertz CT molecular complexity index is 901. The van der Waals surface area contributed by atoms with E-state index in [4.69, 9.17) is 0 Å². The first-order valence-corrected chi connectivity index (χ1v) is 10.5. The number of halogens is 1. The van der Waals surface area contributed by atoms with Crippen LogP contribution in [0.2, 0.25) is 0 Å². The molecule has 3 aliphatic heterocycles. The van der Waals surface area contributed by atoms with E-state index in [1.54, 1.807) is 6.07 Å². The average Bonchev–Trinajstić information content (AvgIpc) is 3.36. The molecule has 3 unspecified atom stereocenters. The second-order valence-electron chi connectivity index (χ2n) is 8.52. The van der Waals surface area contributed by atoms with Crippen molar-refractivity contribution in [1.82, 2.24) is 10.2 Å². The zero-order valence-corrected chi connectivity index (χ0v) is 16.7. The Morgan fingerprint density at radius 1 is 1.28 bits per heavy atom. The van der Waals surface area contributed by atoms with E-state index in [2.05, 4.69) is 33.0 Å². The average molecular weight is 394 g/mol. The number of amides is 1. The summed E-state index contributed by atoms with van der Waals surface area (Å²) < 4.78 is 14.1. The molecule has 3 atom stereocenters. The summed E-state index contributed by atoms with van der Waals surface area (Å²) in [6.07, 6.45) is 1.53. The van der Waals surface area contributed by atoms with Crippen LogP contribution in [0.1, 0.15) is 29.0 Å². The highest BCUT2D eigenvalue weighted by Gasteiger charge is 2.34. The fraction of sp³-hybridized carbons (Fsp3) is 0.435. The summed E-state index contributed by atoms with van der Waals surface area (Å²) in [5, 5.41) is 9.72. The molecule has 29 heavy (non-hydrogen) atoms. The summed E-state index contributed by atoms with van der Waals surface area (Å²) in [5.41, 5.74) is 4.42. The van der Waals surface area contributed by atoms with Gasteiger partial charge in [-0.3, -0.25) is 9.69 Å². The molecule has 0 bridgehead atoms. The second-order valence-corrected chi connectivity index (χ2v) is 8.52. The SMILES string of the molecule is Cc1ccc(F)c2c1NC(C(=O)Nc1cccc(C3CC4CNCCN4C3)c1)C2. The maximum atomic E-state index is 14.1. The molecule has 0 aromatic heterocycles. The Labute approximate surface area is 170 Å². The van der Waals surface area contributed by atoms with Gasteiger partial charge in [0.2, 0.25) is 5.91 Å². The van der Waals surface area contributed by atoms with E-state index >= 15 is 0 Å². The first-order valence-electron chi connectivity index (χ1n) is 10.5. The number of aryl methyl sites for hydroxylation is 1. The van der Waals surface area contributed by atoms with Gasteiger partial charge in [-0.05, 0) is 48.6 Å². The lowest BCUT2D eigenvalue weighted by molar-refractivity contribution is -0.116. The van der Waals surface area contributed by atoms with Crippen LogP contribution >= 0.6 is 0 Å². The topological polar surface area (TPSA) is 56.4 Å². The molecule has 0 radical (unpaired) electrons.